The van der Waals surface area contributed by atoms with E-state index in [1.54, 1.807) is 12.1 Å². The first kappa shape index (κ1) is 23.0. The summed E-state index contributed by atoms with van der Waals surface area (Å²) >= 11 is 3.56. The lowest BCUT2D eigenvalue weighted by atomic mass is 10.1. The molecule has 0 saturated carbocycles. The summed E-state index contributed by atoms with van der Waals surface area (Å²) in [5.74, 6) is 0. The summed E-state index contributed by atoms with van der Waals surface area (Å²) in [7, 11) is -3.61. The molecule has 0 amide bonds. The molecule has 6 rings (SSSR count). The lowest BCUT2D eigenvalue weighted by molar-refractivity contribution is 0.579. The maximum atomic E-state index is 12.8. The van der Waals surface area contributed by atoms with Gasteiger partial charge in [0, 0.05) is 33.9 Å². The molecule has 0 unspecified atom stereocenters. The first-order chi connectivity index (χ1) is 17.5. The van der Waals surface area contributed by atoms with Gasteiger partial charge in [0.15, 0.2) is 0 Å². The Labute approximate surface area is 215 Å². The van der Waals surface area contributed by atoms with Crippen LogP contribution in [-0.4, -0.2) is 26.5 Å². The van der Waals surface area contributed by atoms with E-state index < -0.39 is 10.0 Å². The fraction of sp³-hybridized carbons (Fsp3) is 0.107. The number of nitrogens with one attached hydrogen (secondary N) is 2. The van der Waals surface area contributed by atoms with E-state index in [2.05, 4.69) is 25.6 Å². The van der Waals surface area contributed by atoms with Crippen LogP contribution >= 0.6 is 15.9 Å². The van der Waals surface area contributed by atoms with Gasteiger partial charge in [-0.3, -0.25) is 4.99 Å². The van der Waals surface area contributed by atoms with Crippen molar-refractivity contribution in [2.45, 2.75) is 11.3 Å². The first-order valence-corrected chi connectivity index (χ1v) is 13.9. The van der Waals surface area contributed by atoms with E-state index in [9.17, 15) is 8.42 Å². The predicted octanol–water partition coefficient (Wildman–Crippen LogP) is 6.25. The zero-order valence-electron chi connectivity index (χ0n) is 19.2. The molecule has 6 nitrogen and oxygen atoms in total. The fourth-order valence-electron chi connectivity index (χ4n) is 4.51. The number of halogens is 1. The minimum atomic E-state index is -3.61. The molecule has 0 spiro atoms. The Morgan fingerprint density at radius 1 is 0.889 bits per heavy atom. The van der Waals surface area contributed by atoms with E-state index in [1.165, 1.54) is 0 Å². The molecule has 8 heteroatoms. The van der Waals surface area contributed by atoms with Gasteiger partial charge in [0.25, 0.3) is 0 Å². The van der Waals surface area contributed by atoms with Crippen molar-refractivity contribution in [1.29, 1.82) is 0 Å². The summed E-state index contributed by atoms with van der Waals surface area (Å²) in [5, 5.41) is 5.60. The summed E-state index contributed by atoms with van der Waals surface area (Å²) < 4.78 is 35.5. The van der Waals surface area contributed by atoms with Gasteiger partial charge in [-0.25, -0.2) is 13.1 Å². The summed E-state index contributed by atoms with van der Waals surface area (Å²) in [6.07, 6.45) is 0.554. The molecule has 2 aromatic heterocycles. The summed E-state index contributed by atoms with van der Waals surface area (Å²) in [4.78, 5) is 8.53. The molecule has 0 saturated heterocycles. The average molecular weight is 560 g/mol. The second-order valence-corrected chi connectivity index (χ2v) is 11.3. The third-order valence-corrected chi connectivity index (χ3v) is 8.20. The molecule has 6 aromatic rings. The molecule has 0 atom stereocenters. The highest BCUT2D eigenvalue weighted by molar-refractivity contribution is 9.10. The van der Waals surface area contributed by atoms with E-state index in [-0.39, 0.29) is 11.4 Å². The van der Waals surface area contributed by atoms with Crippen molar-refractivity contribution in [3.8, 4) is 0 Å². The van der Waals surface area contributed by atoms with E-state index in [0.717, 1.165) is 47.9 Å². The quantitative estimate of drug-likeness (QED) is 0.236. The summed E-state index contributed by atoms with van der Waals surface area (Å²) in [5.41, 5.74) is 2.38. The molecular formula is C28H22BrN3O3S. The summed E-state index contributed by atoms with van der Waals surface area (Å²) in [6.45, 7) is 0.745. The van der Waals surface area contributed by atoms with Gasteiger partial charge in [0.1, 0.15) is 5.58 Å². The number of aromatic amines is 1. The van der Waals surface area contributed by atoms with Crippen molar-refractivity contribution in [2.75, 3.05) is 13.1 Å². The molecule has 0 aliphatic heterocycles. The Hall–Kier alpha value is -3.46. The molecule has 0 fully saturated rings. The van der Waals surface area contributed by atoms with Crippen molar-refractivity contribution < 1.29 is 12.8 Å². The Balaban J connectivity index is 1.29. The molecule has 0 aliphatic carbocycles. The van der Waals surface area contributed by atoms with E-state index >= 15 is 0 Å². The Kier molecular flexibility index (Phi) is 5.87. The van der Waals surface area contributed by atoms with E-state index in [0.29, 0.717) is 18.7 Å². The predicted molar refractivity (Wildman–Crippen MR) is 147 cm³/mol. The largest absolute Gasteiger partial charge is 0.440 e. The lowest BCUT2D eigenvalue weighted by Gasteiger charge is -2.07. The van der Waals surface area contributed by atoms with Crippen molar-refractivity contribution >= 4 is 69.7 Å². The second-order valence-electron chi connectivity index (χ2n) is 8.61. The minimum absolute atomic E-state index is 0.263. The highest BCUT2D eigenvalue weighted by Gasteiger charge is 2.15. The van der Waals surface area contributed by atoms with E-state index in [4.69, 9.17) is 9.41 Å². The van der Waals surface area contributed by atoms with Crippen LogP contribution in [0.1, 0.15) is 6.42 Å². The topological polar surface area (TPSA) is 87.5 Å². The molecule has 0 aliphatic rings. The number of hydrogen-bond acceptors (Lipinski definition) is 4. The third-order valence-electron chi connectivity index (χ3n) is 6.25. The number of nitrogens with zero attached hydrogens (tertiary/aromatic N) is 1. The monoisotopic (exact) mass is 559 g/mol. The van der Waals surface area contributed by atoms with Crippen LogP contribution in [-0.2, 0) is 10.0 Å². The van der Waals surface area contributed by atoms with Crippen LogP contribution in [0.3, 0.4) is 0 Å². The number of fused-ring (bicyclic) bond motifs is 5. The SMILES string of the molecule is O=S(=O)(NCCCN=c1c2cc(Br)ccc2oc2[nH]c3ccccc3c12)c1ccc2ccccc2c1. The Morgan fingerprint density at radius 3 is 2.58 bits per heavy atom. The van der Waals surface area contributed by atoms with Gasteiger partial charge in [0.2, 0.25) is 15.7 Å². The number of rotatable bonds is 6. The molecule has 180 valence electrons. The van der Waals surface area contributed by atoms with Crippen molar-refractivity contribution in [1.82, 2.24) is 9.71 Å². The number of hydrogen-bond donors (Lipinski definition) is 2. The maximum Gasteiger partial charge on any atom is 0.240 e. The minimum Gasteiger partial charge on any atom is -0.440 e. The zero-order chi connectivity index (χ0) is 24.7. The fourth-order valence-corrected chi connectivity index (χ4v) is 5.98. The number of H-pyrrole nitrogens is 1. The third kappa shape index (κ3) is 4.21. The molecule has 0 bridgehead atoms. The first-order valence-electron chi connectivity index (χ1n) is 11.6. The lowest BCUT2D eigenvalue weighted by Crippen LogP contribution is -2.25. The summed E-state index contributed by atoms with van der Waals surface area (Å²) in [6, 6.07) is 26.8. The second kappa shape index (κ2) is 9.20. The smallest absolute Gasteiger partial charge is 0.240 e. The highest BCUT2D eigenvalue weighted by Crippen LogP contribution is 2.27. The Bertz CT molecular complexity index is 1940. The number of sulfonamides is 1. The normalized spacial score (nSPS) is 12.9. The van der Waals surface area contributed by atoms with Gasteiger partial charge < -0.3 is 9.40 Å². The van der Waals surface area contributed by atoms with Crippen molar-refractivity contribution in [3.63, 3.8) is 0 Å². The molecule has 36 heavy (non-hydrogen) atoms. The average Bonchev–Trinajstić information content (AvgIpc) is 3.26. The van der Waals surface area contributed by atoms with Crippen LogP contribution < -0.4 is 10.1 Å². The molecule has 2 heterocycles. The molecule has 4 aromatic carbocycles. The van der Waals surface area contributed by atoms with Crippen molar-refractivity contribution in [2.24, 2.45) is 4.99 Å². The van der Waals surface area contributed by atoms with Gasteiger partial charge in [0.05, 0.1) is 15.6 Å². The zero-order valence-corrected chi connectivity index (χ0v) is 21.6. The van der Waals surface area contributed by atoms with Gasteiger partial charge in [-0.05, 0) is 53.6 Å². The van der Waals surface area contributed by atoms with Gasteiger partial charge >= 0.3 is 0 Å². The Morgan fingerprint density at radius 2 is 1.69 bits per heavy atom. The molecular weight excluding hydrogens is 538 g/mol. The van der Waals surface area contributed by atoms with Gasteiger partial charge in [-0.1, -0.05) is 64.5 Å². The standard InChI is InChI=1S/C28H22BrN3O3S/c29-20-11-13-25-23(17-20)27(26-22-8-3-4-9-24(22)32-28(26)35-25)30-14-5-15-31-36(33,34)21-12-10-18-6-1-2-7-19(18)16-21/h1-4,6-13,16-17,31-32H,5,14-15H2. The van der Waals surface area contributed by atoms with Crippen molar-refractivity contribution in [3.05, 3.63) is 94.8 Å². The molecule has 2 N–H and O–H groups in total. The number of para-hydroxylation sites is 1. The van der Waals surface area contributed by atoms with Crippen LogP contribution in [0.25, 0.3) is 43.7 Å². The van der Waals surface area contributed by atoms with Crippen LogP contribution in [0.2, 0.25) is 0 Å². The number of benzene rings is 4. The highest BCUT2D eigenvalue weighted by atomic mass is 79.9. The van der Waals surface area contributed by atoms with Gasteiger partial charge in [-0.2, -0.15) is 0 Å². The van der Waals surface area contributed by atoms with Crippen LogP contribution in [0.5, 0.6) is 0 Å². The van der Waals surface area contributed by atoms with Crippen LogP contribution in [0.4, 0.5) is 0 Å². The van der Waals surface area contributed by atoms with Crippen LogP contribution in [0, 0.1) is 0 Å². The maximum absolute atomic E-state index is 12.8. The molecule has 0 radical (unpaired) electrons. The van der Waals surface area contributed by atoms with E-state index in [1.807, 2.05) is 72.8 Å². The number of aromatic nitrogens is 1. The van der Waals surface area contributed by atoms with Crippen LogP contribution in [0.15, 0.2) is 104 Å². The van der Waals surface area contributed by atoms with Gasteiger partial charge in [-0.15, -0.1) is 0 Å².